The fourth-order valence-electron chi connectivity index (χ4n) is 3.93. The van der Waals surface area contributed by atoms with Crippen LogP contribution in [0.1, 0.15) is 61.1 Å². The van der Waals surface area contributed by atoms with Crippen LogP contribution in [0.4, 0.5) is 0 Å². The van der Waals surface area contributed by atoms with Gasteiger partial charge in [-0.15, -0.1) is 0 Å². The van der Waals surface area contributed by atoms with E-state index in [1.807, 2.05) is 37.3 Å². The lowest BCUT2D eigenvalue weighted by molar-refractivity contribution is -0.124. The monoisotopic (exact) mass is 475 g/mol. The molecular weight excluding hydrogens is 454 g/mol. The van der Waals surface area contributed by atoms with Crippen LogP contribution in [-0.4, -0.2) is 36.1 Å². The van der Waals surface area contributed by atoms with E-state index >= 15 is 0 Å². The maximum absolute atomic E-state index is 12.9. The van der Waals surface area contributed by atoms with Crippen molar-refractivity contribution in [3.05, 3.63) is 105 Å². The topological polar surface area (TPSA) is 89.5 Å². The standard InChI is InChI=1S/C27H22ClNO5/c1-16(11-12-17-7-3-2-4-8-17)29-22(30)15-34-27(33)21-14-13-20-23(24(21)28)26(32)19-10-6-5-9-18(19)25(20)31/h2-10,13-14,16H,11-12,15H2,1H3,(H,29,30). The molecule has 172 valence electrons. The highest BCUT2D eigenvalue weighted by atomic mass is 35.5. The summed E-state index contributed by atoms with van der Waals surface area (Å²) in [4.78, 5) is 50.5. The number of nitrogens with one attached hydrogen (secondary N) is 1. The lowest BCUT2D eigenvalue weighted by atomic mass is 9.83. The zero-order valence-electron chi connectivity index (χ0n) is 18.5. The van der Waals surface area contributed by atoms with Gasteiger partial charge in [0.1, 0.15) is 0 Å². The van der Waals surface area contributed by atoms with Gasteiger partial charge in [-0.2, -0.15) is 0 Å². The average molecular weight is 476 g/mol. The molecular formula is C27H22ClNO5. The molecule has 3 aromatic rings. The van der Waals surface area contributed by atoms with Crippen LogP contribution in [0.2, 0.25) is 5.02 Å². The van der Waals surface area contributed by atoms with Crippen LogP contribution in [-0.2, 0) is 16.0 Å². The number of esters is 1. The van der Waals surface area contributed by atoms with Crippen molar-refractivity contribution in [1.82, 2.24) is 5.32 Å². The summed E-state index contributed by atoms with van der Waals surface area (Å²) in [6.07, 6.45) is 1.54. The van der Waals surface area contributed by atoms with Crippen LogP contribution in [0.3, 0.4) is 0 Å². The molecule has 1 aliphatic rings. The zero-order chi connectivity index (χ0) is 24.2. The molecule has 0 fully saturated rings. The molecule has 34 heavy (non-hydrogen) atoms. The number of benzene rings is 3. The van der Waals surface area contributed by atoms with Crippen molar-refractivity contribution < 1.29 is 23.9 Å². The van der Waals surface area contributed by atoms with Crippen molar-refractivity contribution >= 4 is 35.0 Å². The van der Waals surface area contributed by atoms with E-state index in [4.69, 9.17) is 16.3 Å². The van der Waals surface area contributed by atoms with Crippen LogP contribution in [0.15, 0.2) is 66.7 Å². The third kappa shape index (κ3) is 4.77. The molecule has 0 aliphatic heterocycles. The van der Waals surface area contributed by atoms with Gasteiger partial charge in [-0.1, -0.05) is 66.2 Å². The molecule has 6 nitrogen and oxygen atoms in total. The number of amides is 1. The molecule has 7 heteroatoms. The highest BCUT2D eigenvalue weighted by Gasteiger charge is 2.33. The minimum absolute atomic E-state index is 0.0289. The van der Waals surface area contributed by atoms with Gasteiger partial charge in [0.2, 0.25) is 0 Å². The third-order valence-electron chi connectivity index (χ3n) is 5.70. The summed E-state index contributed by atoms with van der Waals surface area (Å²) in [5, 5.41) is 2.64. The van der Waals surface area contributed by atoms with Gasteiger partial charge in [0.15, 0.2) is 18.2 Å². The van der Waals surface area contributed by atoms with Crippen molar-refractivity contribution in [2.24, 2.45) is 0 Å². The maximum Gasteiger partial charge on any atom is 0.340 e. The number of ketones is 2. The van der Waals surface area contributed by atoms with Crippen LogP contribution >= 0.6 is 11.6 Å². The van der Waals surface area contributed by atoms with Gasteiger partial charge in [-0.3, -0.25) is 14.4 Å². The number of aryl methyl sites for hydroxylation is 1. The van der Waals surface area contributed by atoms with Gasteiger partial charge < -0.3 is 10.1 Å². The smallest absolute Gasteiger partial charge is 0.340 e. The Morgan fingerprint density at radius 3 is 2.24 bits per heavy atom. The van der Waals surface area contributed by atoms with Crippen molar-refractivity contribution in [2.75, 3.05) is 6.61 Å². The first kappa shape index (κ1) is 23.4. The van der Waals surface area contributed by atoms with E-state index < -0.39 is 24.3 Å². The molecule has 1 N–H and O–H groups in total. The minimum atomic E-state index is -0.848. The molecule has 0 saturated carbocycles. The summed E-state index contributed by atoms with van der Waals surface area (Å²) >= 11 is 6.37. The fraction of sp³-hybridized carbons (Fsp3) is 0.185. The maximum atomic E-state index is 12.9. The van der Waals surface area contributed by atoms with E-state index in [0.29, 0.717) is 5.56 Å². The molecule has 0 bridgehead atoms. The van der Waals surface area contributed by atoms with Gasteiger partial charge in [-0.25, -0.2) is 4.79 Å². The molecule has 0 heterocycles. The van der Waals surface area contributed by atoms with E-state index in [-0.39, 0.29) is 39.1 Å². The predicted molar refractivity (Wildman–Crippen MR) is 127 cm³/mol. The number of hydrogen-bond acceptors (Lipinski definition) is 5. The molecule has 1 atom stereocenters. The summed E-state index contributed by atoms with van der Waals surface area (Å²) in [5.74, 6) is -2.06. The fourth-order valence-corrected chi connectivity index (χ4v) is 4.26. The van der Waals surface area contributed by atoms with E-state index in [1.165, 1.54) is 17.7 Å². The van der Waals surface area contributed by atoms with Gasteiger partial charge in [0, 0.05) is 22.7 Å². The second-order valence-electron chi connectivity index (χ2n) is 8.12. The first-order chi connectivity index (χ1) is 16.4. The Labute approximate surface area is 201 Å². The summed E-state index contributed by atoms with van der Waals surface area (Å²) in [6.45, 7) is 1.39. The molecule has 3 aromatic carbocycles. The summed E-state index contributed by atoms with van der Waals surface area (Å²) in [5.41, 5.74) is 1.73. The lowest BCUT2D eigenvalue weighted by Crippen LogP contribution is -2.36. The normalized spacial score (nSPS) is 13.0. The molecule has 0 spiro atoms. The Bertz CT molecular complexity index is 1290. The number of hydrogen-bond donors (Lipinski definition) is 1. The molecule has 0 radical (unpaired) electrons. The largest absolute Gasteiger partial charge is 0.452 e. The number of rotatable bonds is 7. The number of fused-ring (bicyclic) bond motifs is 2. The SMILES string of the molecule is CC(CCc1ccccc1)NC(=O)COC(=O)c1ccc2c(c1Cl)C(=O)c1ccccc1C2=O. The Hall–Kier alpha value is -3.77. The second kappa shape index (κ2) is 10.0. The number of carbonyl (C=O) groups excluding carboxylic acids is 4. The summed E-state index contributed by atoms with van der Waals surface area (Å²) in [6, 6.07) is 19.0. The van der Waals surface area contributed by atoms with Gasteiger partial charge in [0.05, 0.1) is 16.1 Å². The molecule has 1 aliphatic carbocycles. The zero-order valence-corrected chi connectivity index (χ0v) is 19.2. The molecule has 1 amide bonds. The van der Waals surface area contributed by atoms with Crippen LogP contribution in [0.5, 0.6) is 0 Å². The highest BCUT2D eigenvalue weighted by Crippen LogP contribution is 2.34. The molecule has 4 rings (SSSR count). The quantitative estimate of drug-likeness (QED) is 0.400. The Morgan fingerprint density at radius 1 is 0.882 bits per heavy atom. The lowest BCUT2D eigenvalue weighted by Gasteiger charge is -2.19. The summed E-state index contributed by atoms with van der Waals surface area (Å²) in [7, 11) is 0. The second-order valence-corrected chi connectivity index (χ2v) is 8.50. The average Bonchev–Trinajstić information content (AvgIpc) is 2.85. The van der Waals surface area contributed by atoms with Crippen LogP contribution < -0.4 is 5.32 Å². The highest BCUT2D eigenvalue weighted by molar-refractivity contribution is 6.41. The van der Waals surface area contributed by atoms with E-state index in [1.54, 1.807) is 24.3 Å². The van der Waals surface area contributed by atoms with Crippen LogP contribution in [0, 0.1) is 0 Å². The van der Waals surface area contributed by atoms with E-state index in [9.17, 15) is 19.2 Å². The summed E-state index contributed by atoms with van der Waals surface area (Å²) < 4.78 is 5.13. The minimum Gasteiger partial charge on any atom is -0.452 e. The van der Waals surface area contributed by atoms with Crippen molar-refractivity contribution in [2.45, 2.75) is 25.8 Å². The Kier molecular flexibility index (Phi) is 6.89. The van der Waals surface area contributed by atoms with Crippen molar-refractivity contribution in [3.63, 3.8) is 0 Å². The van der Waals surface area contributed by atoms with E-state index in [0.717, 1.165) is 12.8 Å². The van der Waals surface area contributed by atoms with Crippen molar-refractivity contribution in [1.29, 1.82) is 0 Å². The van der Waals surface area contributed by atoms with Crippen molar-refractivity contribution in [3.8, 4) is 0 Å². The number of halogens is 1. The Morgan fingerprint density at radius 2 is 1.53 bits per heavy atom. The molecule has 1 unspecified atom stereocenters. The van der Waals surface area contributed by atoms with Gasteiger partial charge in [0.25, 0.3) is 5.91 Å². The first-order valence-electron chi connectivity index (χ1n) is 10.9. The number of ether oxygens (including phenoxy) is 1. The third-order valence-corrected chi connectivity index (χ3v) is 6.09. The van der Waals surface area contributed by atoms with Gasteiger partial charge in [-0.05, 0) is 37.5 Å². The van der Waals surface area contributed by atoms with Crippen LogP contribution in [0.25, 0.3) is 0 Å². The Balaban J connectivity index is 1.39. The molecule has 0 saturated heterocycles. The first-order valence-corrected chi connectivity index (χ1v) is 11.3. The molecule has 0 aromatic heterocycles. The predicted octanol–water partition coefficient (Wildman–Crippen LogP) is 4.41. The van der Waals surface area contributed by atoms with Gasteiger partial charge >= 0.3 is 5.97 Å². The van der Waals surface area contributed by atoms with E-state index in [2.05, 4.69) is 5.32 Å². The number of carbonyl (C=O) groups is 4.